The first-order chi connectivity index (χ1) is 5.74. The summed E-state index contributed by atoms with van der Waals surface area (Å²) < 4.78 is 21.5. The second-order valence-electron chi connectivity index (χ2n) is 3.62. The highest BCUT2D eigenvalue weighted by Crippen LogP contribution is 2.03. The smallest absolute Gasteiger partial charge is 0.150 e. The largest absolute Gasteiger partial charge is 0.321 e. The summed E-state index contributed by atoms with van der Waals surface area (Å²) in [6.45, 7) is 3.67. The van der Waals surface area contributed by atoms with Crippen molar-refractivity contribution in [2.24, 2.45) is 11.7 Å². The molecular formula is C8H17NO3S. The molecular weight excluding hydrogens is 190 g/mol. The zero-order valence-electron chi connectivity index (χ0n) is 8.28. The van der Waals surface area contributed by atoms with E-state index in [1.165, 1.54) is 0 Å². The van der Waals surface area contributed by atoms with Crippen LogP contribution in [0.5, 0.6) is 0 Å². The first-order valence-electron chi connectivity index (χ1n) is 4.20. The Morgan fingerprint density at radius 1 is 1.38 bits per heavy atom. The molecule has 1 unspecified atom stereocenters. The van der Waals surface area contributed by atoms with Crippen molar-refractivity contribution in [3.63, 3.8) is 0 Å². The number of rotatable bonds is 5. The van der Waals surface area contributed by atoms with E-state index in [1.807, 2.05) is 13.8 Å². The van der Waals surface area contributed by atoms with E-state index in [0.29, 0.717) is 0 Å². The fourth-order valence-corrected chi connectivity index (χ4v) is 1.40. The van der Waals surface area contributed by atoms with Crippen molar-refractivity contribution in [3.05, 3.63) is 0 Å². The third-order valence-corrected chi connectivity index (χ3v) is 2.75. The zero-order chi connectivity index (χ0) is 10.6. The molecule has 0 saturated heterocycles. The molecule has 0 aliphatic rings. The molecule has 0 aliphatic carbocycles. The summed E-state index contributed by atoms with van der Waals surface area (Å²) in [7, 11) is -3.05. The molecule has 0 rings (SSSR count). The number of carbonyl (C=O) groups excluding carboxylic acids is 1. The SMILES string of the molecule is CC(C)C(N)C(=O)CCS(C)(=O)=O. The topological polar surface area (TPSA) is 77.2 Å². The number of Topliss-reactive ketones (excluding diaryl/α,β-unsaturated/α-hetero) is 1. The Morgan fingerprint density at radius 2 is 1.85 bits per heavy atom. The van der Waals surface area contributed by atoms with Crippen LogP contribution >= 0.6 is 0 Å². The maximum atomic E-state index is 11.2. The lowest BCUT2D eigenvalue weighted by Crippen LogP contribution is -2.36. The zero-order valence-corrected chi connectivity index (χ0v) is 9.10. The Hall–Kier alpha value is -0.420. The van der Waals surface area contributed by atoms with E-state index < -0.39 is 15.9 Å². The van der Waals surface area contributed by atoms with E-state index in [2.05, 4.69) is 0 Å². The number of ketones is 1. The number of hydrogen-bond acceptors (Lipinski definition) is 4. The van der Waals surface area contributed by atoms with Gasteiger partial charge in [-0.15, -0.1) is 0 Å². The summed E-state index contributed by atoms with van der Waals surface area (Å²) in [5.41, 5.74) is 5.54. The summed E-state index contributed by atoms with van der Waals surface area (Å²) in [4.78, 5) is 11.2. The lowest BCUT2D eigenvalue weighted by atomic mass is 10.00. The van der Waals surface area contributed by atoms with Gasteiger partial charge in [-0.05, 0) is 5.92 Å². The van der Waals surface area contributed by atoms with Gasteiger partial charge in [0.2, 0.25) is 0 Å². The van der Waals surface area contributed by atoms with Gasteiger partial charge in [0.15, 0.2) is 5.78 Å². The molecule has 0 saturated carbocycles. The molecule has 0 spiro atoms. The molecule has 78 valence electrons. The van der Waals surface area contributed by atoms with Crippen LogP contribution in [0.25, 0.3) is 0 Å². The van der Waals surface area contributed by atoms with Gasteiger partial charge in [-0.3, -0.25) is 4.79 Å². The molecule has 0 aliphatic heterocycles. The van der Waals surface area contributed by atoms with E-state index >= 15 is 0 Å². The molecule has 5 heteroatoms. The normalized spacial score (nSPS) is 14.5. The molecule has 0 aromatic carbocycles. The first-order valence-corrected chi connectivity index (χ1v) is 6.26. The summed E-state index contributed by atoms with van der Waals surface area (Å²) in [5, 5.41) is 0. The summed E-state index contributed by atoms with van der Waals surface area (Å²) >= 11 is 0. The van der Waals surface area contributed by atoms with E-state index in [0.717, 1.165) is 6.26 Å². The Kier molecular flexibility index (Phi) is 4.56. The van der Waals surface area contributed by atoms with E-state index in [-0.39, 0.29) is 23.9 Å². The number of sulfone groups is 1. The van der Waals surface area contributed by atoms with Crippen LogP contribution in [0, 0.1) is 5.92 Å². The molecule has 0 aromatic heterocycles. The second kappa shape index (κ2) is 4.72. The highest BCUT2D eigenvalue weighted by Gasteiger charge is 2.18. The third kappa shape index (κ3) is 5.76. The minimum Gasteiger partial charge on any atom is -0.321 e. The summed E-state index contributed by atoms with van der Waals surface area (Å²) in [6, 6.07) is -0.540. The predicted octanol–water partition coefficient (Wildman–Crippen LogP) is -0.0265. The van der Waals surface area contributed by atoms with Gasteiger partial charge in [0, 0.05) is 12.7 Å². The van der Waals surface area contributed by atoms with E-state index in [1.54, 1.807) is 0 Å². The Morgan fingerprint density at radius 3 is 2.15 bits per heavy atom. The second-order valence-corrected chi connectivity index (χ2v) is 5.88. The molecule has 13 heavy (non-hydrogen) atoms. The Bertz CT molecular complexity index is 269. The van der Waals surface area contributed by atoms with Gasteiger partial charge in [0.05, 0.1) is 11.8 Å². The van der Waals surface area contributed by atoms with Crippen LogP contribution in [-0.4, -0.2) is 32.3 Å². The van der Waals surface area contributed by atoms with Crippen LogP contribution in [0.3, 0.4) is 0 Å². The molecule has 4 nitrogen and oxygen atoms in total. The van der Waals surface area contributed by atoms with Crippen molar-refractivity contribution >= 4 is 15.6 Å². The van der Waals surface area contributed by atoms with Gasteiger partial charge in [-0.1, -0.05) is 13.8 Å². The van der Waals surface area contributed by atoms with E-state index in [4.69, 9.17) is 5.73 Å². The standard InChI is InChI=1S/C8H17NO3S/c1-6(2)8(9)7(10)4-5-13(3,11)12/h6,8H,4-5,9H2,1-3H3. The van der Waals surface area contributed by atoms with E-state index in [9.17, 15) is 13.2 Å². The Labute approximate surface area is 79.4 Å². The van der Waals surface area contributed by atoms with Crippen molar-refractivity contribution in [1.29, 1.82) is 0 Å². The number of nitrogens with two attached hydrogens (primary N) is 1. The quantitative estimate of drug-likeness (QED) is 0.687. The van der Waals surface area contributed by atoms with Crippen LogP contribution in [0.4, 0.5) is 0 Å². The lowest BCUT2D eigenvalue weighted by Gasteiger charge is -2.13. The molecule has 0 heterocycles. The number of carbonyl (C=O) groups is 1. The summed E-state index contributed by atoms with van der Waals surface area (Å²) in [5.74, 6) is -0.223. The molecule has 0 radical (unpaired) electrons. The summed E-state index contributed by atoms with van der Waals surface area (Å²) in [6.07, 6.45) is 1.14. The van der Waals surface area contributed by atoms with Gasteiger partial charge in [0.1, 0.15) is 9.84 Å². The molecule has 0 aromatic rings. The van der Waals surface area contributed by atoms with Gasteiger partial charge in [-0.25, -0.2) is 8.42 Å². The predicted molar refractivity (Wildman–Crippen MR) is 52.1 cm³/mol. The van der Waals surface area contributed by atoms with Crippen molar-refractivity contribution in [2.45, 2.75) is 26.3 Å². The van der Waals surface area contributed by atoms with Crippen LogP contribution in [0.15, 0.2) is 0 Å². The minimum atomic E-state index is -3.05. The van der Waals surface area contributed by atoms with Crippen LogP contribution in [0.2, 0.25) is 0 Å². The van der Waals surface area contributed by atoms with Crippen LogP contribution in [-0.2, 0) is 14.6 Å². The third-order valence-electron chi connectivity index (χ3n) is 1.81. The maximum absolute atomic E-state index is 11.2. The van der Waals surface area contributed by atoms with Crippen LogP contribution in [0.1, 0.15) is 20.3 Å². The van der Waals surface area contributed by atoms with Gasteiger partial charge in [0.25, 0.3) is 0 Å². The fraction of sp³-hybridized carbons (Fsp3) is 0.875. The highest BCUT2D eigenvalue weighted by molar-refractivity contribution is 7.90. The van der Waals surface area contributed by atoms with Crippen molar-refractivity contribution in [2.75, 3.05) is 12.0 Å². The molecule has 2 N–H and O–H groups in total. The highest BCUT2D eigenvalue weighted by atomic mass is 32.2. The molecule has 0 fully saturated rings. The van der Waals surface area contributed by atoms with Gasteiger partial charge < -0.3 is 5.73 Å². The lowest BCUT2D eigenvalue weighted by molar-refractivity contribution is -0.120. The van der Waals surface area contributed by atoms with Crippen molar-refractivity contribution in [1.82, 2.24) is 0 Å². The van der Waals surface area contributed by atoms with Gasteiger partial charge >= 0.3 is 0 Å². The Balaban J connectivity index is 4.03. The molecule has 1 atom stereocenters. The average molecular weight is 207 g/mol. The fourth-order valence-electron chi connectivity index (χ4n) is 0.824. The van der Waals surface area contributed by atoms with Crippen molar-refractivity contribution in [3.8, 4) is 0 Å². The first kappa shape index (κ1) is 12.6. The van der Waals surface area contributed by atoms with Gasteiger partial charge in [-0.2, -0.15) is 0 Å². The van der Waals surface area contributed by atoms with Crippen molar-refractivity contribution < 1.29 is 13.2 Å². The van der Waals surface area contributed by atoms with Crippen LogP contribution < -0.4 is 5.73 Å². The molecule has 0 amide bonds. The maximum Gasteiger partial charge on any atom is 0.150 e. The minimum absolute atomic E-state index is 0.0260. The number of hydrogen-bond donors (Lipinski definition) is 1. The molecule has 0 bridgehead atoms. The average Bonchev–Trinajstić information content (AvgIpc) is 1.97. The monoisotopic (exact) mass is 207 g/mol.